The van der Waals surface area contributed by atoms with Crippen molar-refractivity contribution in [2.75, 3.05) is 30.6 Å². The highest BCUT2D eigenvalue weighted by molar-refractivity contribution is 7.78. The summed E-state index contributed by atoms with van der Waals surface area (Å²) in [6.07, 6.45) is 10.3. The van der Waals surface area contributed by atoms with Gasteiger partial charge in [0.1, 0.15) is 7.14 Å². The van der Waals surface area contributed by atoms with Crippen LogP contribution < -0.4 is 31.0 Å². The second-order valence-corrected chi connectivity index (χ2v) is 15.0. The van der Waals surface area contributed by atoms with E-state index in [1.165, 1.54) is 11.1 Å². The van der Waals surface area contributed by atoms with Crippen molar-refractivity contribution in [2.24, 2.45) is 0 Å². The quantitative estimate of drug-likeness (QED) is 0.239. The van der Waals surface area contributed by atoms with Gasteiger partial charge in [-0.2, -0.15) is 0 Å². The molecule has 1 aliphatic heterocycles. The van der Waals surface area contributed by atoms with E-state index in [0.717, 1.165) is 67.9 Å². The Balaban J connectivity index is 1.60. The predicted octanol–water partition coefficient (Wildman–Crippen LogP) is 6.40. The van der Waals surface area contributed by atoms with Crippen LogP contribution in [0, 0.1) is 0 Å². The van der Waals surface area contributed by atoms with E-state index in [2.05, 4.69) is 58.4 Å². The Morgan fingerprint density at radius 2 is 1.28 bits per heavy atom. The first-order valence-electron chi connectivity index (χ1n) is 13.2. The summed E-state index contributed by atoms with van der Waals surface area (Å²) in [5, 5.41) is 3.20. The standard InChI is InChI=1S/C33H29N2O2P2/c1-34-26-14-4-6-16-30(26)38(36)31-20-24-12-8-10-22(24)18-28(31)35(2)29-19-23-11-9-13-25(23)21-33(29)39(3,37)32-17-7-5-15-27(32)34/h4-9,11-12,14-21H,10,13H2,1-3H3/q+1. The van der Waals surface area contributed by atoms with Gasteiger partial charge in [0.2, 0.25) is 10.6 Å². The van der Waals surface area contributed by atoms with Crippen LogP contribution in [0.25, 0.3) is 12.2 Å². The highest BCUT2D eigenvalue weighted by Gasteiger charge is 2.38. The van der Waals surface area contributed by atoms with Crippen LogP contribution in [0.5, 0.6) is 0 Å². The Bertz CT molecular complexity index is 1820. The van der Waals surface area contributed by atoms with Crippen molar-refractivity contribution >= 4 is 71.1 Å². The van der Waals surface area contributed by atoms with Crippen molar-refractivity contribution in [3.05, 3.63) is 107 Å². The minimum absolute atomic E-state index is 0.769. The lowest BCUT2D eigenvalue weighted by atomic mass is 10.1. The second kappa shape index (κ2) is 8.91. The maximum Gasteiger partial charge on any atom is 0.419 e. The summed E-state index contributed by atoms with van der Waals surface area (Å²) in [7, 11) is -1.00. The highest BCUT2D eigenvalue weighted by Crippen LogP contribution is 2.48. The van der Waals surface area contributed by atoms with Gasteiger partial charge < -0.3 is 14.4 Å². The zero-order chi connectivity index (χ0) is 26.9. The molecule has 3 aliphatic rings. The monoisotopic (exact) mass is 547 g/mol. The van der Waals surface area contributed by atoms with E-state index in [9.17, 15) is 4.57 Å². The van der Waals surface area contributed by atoms with E-state index < -0.39 is 14.9 Å². The van der Waals surface area contributed by atoms with Gasteiger partial charge in [-0.3, -0.25) is 0 Å². The first-order chi connectivity index (χ1) is 18.8. The highest BCUT2D eigenvalue weighted by atomic mass is 31.2. The predicted molar refractivity (Wildman–Crippen MR) is 167 cm³/mol. The van der Waals surface area contributed by atoms with Gasteiger partial charge in [-0.25, -0.2) is 0 Å². The molecule has 0 amide bonds. The molecule has 4 aromatic rings. The van der Waals surface area contributed by atoms with Gasteiger partial charge >= 0.3 is 7.80 Å². The number of anilines is 4. The number of hydrogen-bond acceptors (Lipinski definition) is 4. The average molecular weight is 548 g/mol. The Kier molecular flexibility index (Phi) is 5.56. The Hall–Kier alpha value is -3.71. The number of allylic oxidation sites excluding steroid dienone is 2. The van der Waals surface area contributed by atoms with E-state index >= 15 is 4.57 Å². The summed E-state index contributed by atoms with van der Waals surface area (Å²) in [6.45, 7) is 1.90. The topological polar surface area (TPSA) is 40.6 Å². The normalized spacial score (nSPS) is 19.8. The molecule has 0 radical (unpaired) electrons. The fraction of sp³-hybridized carbons (Fsp3) is 0.152. The lowest BCUT2D eigenvalue weighted by molar-refractivity contribution is 0.590. The van der Waals surface area contributed by atoms with Gasteiger partial charge in [-0.15, -0.1) is 0 Å². The van der Waals surface area contributed by atoms with Crippen LogP contribution in [-0.2, 0) is 22.0 Å². The van der Waals surface area contributed by atoms with E-state index in [4.69, 9.17) is 0 Å². The van der Waals surface area contributed by atoms with E-state index in [-0.39, 0.29) is 0 Å². The molecule has 2 unspecified atom stereocenters. The van der Waals surface area contributed by atoms with Crippen molar-refractivity contribution in [2.45, 2.75) is 12.8 Å². The SMILES string of the molecule is CN1c2ccccc2[P+](=O)c2cc3c(cc2N(C)c2cc4c(cc2P(C)(=O)c2ccccc21)CC=C4)CC=C3. The van der Waals surface area contributed by atoms with Gasteiger partial charge in [0.15, 0.2) is 0 Å². The minimum atomic E-state index is -3.08. The van der Waals surface area contributed by atoms with Crippen LogP contribution in [0.2, 0.25) is 0 Å². The zero-order valence-electron chi connectivity index (χ0n) is 22.3. The minimum Gasteiger partial charge on any atom is -0.340 e. The van der Waals surface area contributed by atoms with Crippen LogP contribution >= 0.6 is 14.9 Å². The lowest BCUT2D eigenvalue weighted by Gasteiger charge is -2.30. The zero-order valence-corrected chi connectivity index (χ0v) is 24.0. The smallest absolute Gasteiger partial charge is 0.340 e. The molecule has 7 rings (SSSR count). The summed E-state index contributed by atoms with van der Waals surface area (Å²) in [6, 6.07) is 24.4. The van der Waals surface area contributed by atoms with Crippen LogP contribution in [0.1, 0.15) is 22.3 Å². The first-order valence-corrected chi connectivity index (χ1v) is 16.6. The van der Waals surface area contributed by atoms with Crippen molar-refractivity contribution in [1.29, 1.82) is 0 Å². The van der Waals surface area contributed by atoms with Gasteiger partial charge in [-0.1, -0.05) is 53.1 Å². The number of rotatable bonds is 0. The Labute approximate surface area is 230 Å². The maximum atomic E-state index is 15.1. The van der Waals surface area contributed by atoms with Crippen LogP contribution in [0.4, 0.5) is 22.7 Å². The first kappa shape index (κ1) is 24.3. The third-order valence-electron chi connectivity index (χ3n) is 8.31. The molecule has 0 saturated carbocycles. The lowest BCUT2D eigenvalue weighted by Crippen LogP contribution is -2.31. The molecule has 192 valence electrons. The maximum absolute atomic E-state index is 15.1. The number of nitrogens with zero attached hydrogens (tertiary/aromatic N) is 2. The molecular formula is C33H29N2O2P2+. The molecule has 0 fully saturated rings. The summed E-state index contributed by atoms with van der Waals surface area (Å²) >= 11 is 0. The van der Waals surface area contributed by atoms with Gasteiger partial charge in [0.25, 0.3) is 0 Å². The molecule has 0 saturated heterocycles. The molecule has 0 N–H and O–H groups in total. The Morgan fingerprint density at radius 3 is 2.05 bits per heavy atom. The molecule has 4 aromatic carbocycles. The van der Waals surface area contributed by atoms with E-state index in [0.29, 0.717) is 0 Å². The average Bonchev–Trinajstić information content (AvgIpc) is 3.63. The van der Waals surface area contributed by atoms with Crippen molar-refractivity contribution < 1.29 is 9.13 Å². The van der Waals surface area contributed by atoms with Gasteiger partial charge in [-0.05, 0) is 84.2 Å². The van der Waals surface area contributed by atoms with Crippen molar-refractivity contribution in [3.63, 3.8) is 0 Å². The van der Waals surface area contributed by atoms with E-state index in [1.54, 1.807) is 0 Å². The molecule has 0 aromatic heterocycles. The molecule has 39 heavy (non-hydrogen) atoms. The summed E-state index contributed by atoms with van der Waals surface area (Å²) in [5.41, 5.74) is 8.19. The fourth-order valence-electron chi connectivity index (χ4n) is 6.15. The molecule has 2 atom stereocenters. The molecule has 0 spiro atoms. The molecule has 6 heteroatoms. The molecule has 4 nitrogen and oxygen atoms in total. The number of para-hydroxylation sites is 2. The number of benzene rings is 4. The largest absolute Gasteiger partial charge is 0.419 e. The molecule has 0 bridgehead atoms. The van der Waals surface area contributed by atoms with Crippen molar-refractivity contribution in [1.82, 2.24) is 0 Å². The van der Waals surface area contributed by atoms with Gasteiger partial charge in [0, 0.05) is 30.8 Å². The number of hydrogen-bond donors (Lipinski definition) is 0. The van der Waals surface area contributed by atoms with Crippen molar-refractivity contribution in [3.8, 4) is 0 Å². The number of fused-ring (bicyclic) bond motifs is 6. The van der Waals surface area contributed by atoms with Crippen LogP contribution in [0.3, 0.4) is 0 Å². The molecular weight excluding hydrogens is 518 g/mol. The third kappa shape index (κ3) is 3.70. The van der Waals surface area contributed by atoms with Crippen LogP contribution in [0.15, 0.2) is 84.9 Å². The summed E-state index contributed by atoms with van der Waals surface area (Å²) < 4.78 is 29.7. The molecule has 1 heterocycles. The Morgan fingerprint density at radius 1 is 0.667 bits per heavy atom. The van der Waals surface area contributed by atoms with E-state index in [1.807, 2.05) is 69.3 Å². The summed E-state index contributed by atoms with van der Waals surface area (Å²) in [4.78, 5) is 4.18. The third-order valence-corrected chi connectivity index (χ3v) is 12.5. The van der Waals surface area contributed by atoms with Crippen LogP contribution in [-0.4, -0.2) is 20.8 Å². The molecule has 2 aliphatic carbocycles. The fourth-order valence-corrected chi connectivity index (χ4v) is 10.1. The van der Waals surface area contributed by atoms with Gasteiger partial charge in [0.05, 0.1) is 22.7 Å². The summed E-state index contributed by atoms with van der Waals surface area (Å²) in [5.74, 6) is 0. The second-order valence-electron chi connectivity index (χ2n) is 10.6.